The van der Waals surface area contributed by atoms with Crippen molar-refractivity contribution in [3.05, 3.63) is 82.1 Å². The number of carbonyl (C=O) groups is 1. The maximum absolute atomic E-state index is 12.3. The molecule has 1 aromatic heterocycles. The van der Waals surface area contributed by atoms with E-state index < -0.39 is 0 Å². The fraction of sp³-hybridized carbons (Fsp3) is 0.211. The summed E-state index contributed by atoms with van der Waals surface area (Å²) in [4.78, 5) is 14.2. The quantitative estimate of drug-likeness (QED) is 0.618. The minimum atomic E-state index is -0.0821. The van der Waals surface area contributed by atoms with Gasteiger partial charge in [-0.25, -0.2) is 4.68 Å². The predicted octanol–water partition coefficient (Wildman–Crippen LogP) is 3.86. The van der Waals surface area contributed by atoms with E-state index in [1.165, 1.54) is 0 Å². The van der Waals surface area contributed by atoms with Crippen LogP contribution in [0.5, 0.6) is 0 Å². The zero-order chi connectivity index (χ0) is 17.9. The molecule has 1 aliphatic heterocycles. The van der Waals surface area contributed by atoms with Crippen LogP contribution in [0.25, 0.3) is 0 Å². The number of thioether (sulfide) groups is 1. The Morgan fingerprint density at radius 2 is 1.77 bits per heavy atom. The number of benzene rings is 2. The Kier molecular flexibility index (Phi) is 5.08. The number of aromatic nitrogens is 3. The second kappa shape index (κ2) is 7.63. The summed E-state index contributed by atoms with van der Waals surface area (Å²) in [6.45, 7) is 1.25. The zero-order valence-electron chi connectivity index (χ0n) is 14.0. The maximum atomic E-state index is 12.3. The molecule has 0 bridgehead atoms. The molecule has 26 heavy (non-hydrogen) atoms. The standard InChI is InChI=1S/C19H17BrN4OS/c20-16-8-6-15(7-9-16)10-23-12-17(21-22-23)19-24(18(25)13-26-19)11-14-4-2-1-3-5-14/h1-9,12,19H,10-11,13H2. The van der Waals surface area contributed by atoms with Crippen molar-refractivity contribution in [1.82, 2.24) is 19.9 Å². The number of nitrogens with zero attached hydrogens (tertiary/aromatic N) is 4. The van der Waals surface area contributed by atoms with Crippen LogP contribution >= 0.6 is 27.7 Å². The van der Waals surface area contributed by atoms with E-state index in [0.717, 1.165) is 21.3 Å². The van der Waals surface area contributed by atoms with E-state index in [2.05, 4.69) is 38.4 Å². The largest absolute Gasteiger partial charge is 0.320 e. The summed E-state index contributed by atoms with van der Waals surface area (Å²) in [7, 11) is 0. The van der Waals surface area contributed by atoms with Gasteiger partial charge in [-0.1, -0.05) is 63.6 Å². The van der Waals surface area contributed by atoms with Crippen LogP contribution in [0.2, 0.25) is 0 Å². The van der Waals surface area contributed by atoms with Crippen molar-refractivity contribution in [3.8, 4) is 0 Å². The molecule has 0 radical (unpaired) electrons. The molecule has 0 spiro atoms. The molecular weight excluding hydrogens is 412 g/mol. The molecule has 1 saturated heterocycles. The Bertz CT molecular complexity index is 897. The SMILES string of the molecule is O=C1CSC(c2cn(Cc3ccc(Br)cc3)nn2)N1Cc1ccccc1. The van der Waals surface area contributed by atoms with Crippen LogP contribution in [0, 0.1) is 0 Å². The highest BCUT2D eigenvalue weighted by molar-refractivity contribution is 9.10. The number of hydrogen-bond acceptors (Lipinski definition) is 4. The van der Waals surface area contributed by atoms with Gasteiger partial charge in [0.15, 0.2) is 0 Å². The summed E-state index contributed by atoms with van der Waals surface area (Å²) in [5.74, 6) is 0.628. The fourth-order valence-electron chi connectivity index (χ4n) is 2.93. The van der Waals surface area contributed by atoms with Gasteiger partial charge in [0.1, 0.15) is 11.1 Å². The summed E-state index contributed by atoms with van der Waals surface area (Å²) in [6.07, 6.45) is 1.94. The van der Waals surface area contributed by atoms with E-state index in [-0.39, 0.29) is 11.3 Å². The molecule has 0 N–H and O–H groups in total. The van der Waals surface area contributed by atoms with Gasteiger partial charge in [-0.3, -0.25) is 4.79 Å². The van der Waals surface area contributed by atoms with E-state index in [1.807, 2.05) is 58.2 Å². The lowest BCUT2D eigenvalue weighted by Crippen LogP contribution is -2.27. The van der Waals surface area contributed by atoms with Crippen LogP contribution in [0.1, 0.15) is 22.2 Å². The molecule has 1 atom stereocenters. The number of hydrogen-bond donors (Lipinski definition) is 0. The lowest BCUT2D eigenvalue weighted by molar-refractivity contribution is -0.128. The van der Waals surface area contributed by atoms with Crippen molar-refractivity contribution >= 4 is 33.6 Å². The van der Waals surface area contributed by atoms with Crippen molar-refractivity contribution in [1.29, 1.82) is 0 Å². The Hall–Kier alpha value is -2.12. The minimum absolute atomic E-state index is 0.0821. The molecule has 0 aliphatic carbocycles. The van der Waals surface area contributed by atoms with Gasteiger partial charge < -0.3 is 4.90 Å². The highest BCUT2D eigenvalue weighted by atomic mass is 79.9. The summed E-state index contributed by atoms with van der Waals surface area (Å²) >= 11 is 5.05. The van der Waals surface area contributed by atoms with Gasteiger partial charge >= 0.3 is 0 Å². The Morgan fingerprint density at radius 1 is 1.04 bits per heavy atom. The van der Waals surface area contributed by atoms with Crippen molar-refractivity contribution in [2.75, 3.05) is 5.75 Å². The van der Waals surface area contributed by atoms with Gasteiger partial charge in [-0.05, 0) is 23.3 Å². The summed E-state index contributed by atoms with van der Waals surface area (Å²) in [5, 5.41) is 8.49. The molecule has 2 aromatic carbocycles. The number of amides is 1. The van der Waals surface area contributed by atoms with E-state index in [4.69, 9.17) is 0 Å². The lowest BCUT2D eigenvalue weighted by atomic mass is 10.2. The van der Waals surface area contributed by atoms with Crippen LogP contribution in [0.15, 0.2) is 65.3 Å². The molecule has 5 nitrogen and oxygen atoms in total. The van der Waals surface area contributed by atoms with Gasteiger partial charge in [0, 0.05) is 11.0 Å². The molecule has 132 valence electrons. The average molecular weight is 429 g/mol. The van der Waals surface area contributed by atoms with Crippen molar-refractivity contribution < 1.29 is 4.79 Å². The smallest absolute Gasteiger partial charge is 0.234 e. The normalized spacial score (nSPS) is 17.0. The lowest BCUT2D eigenvalue weighted by Gasteiger charge is -2.22. The first kappa shape index (κ1) is 17.3. The number of rotatable bonds is 5. The molecule has 1 aliphatic rings. The number of halogens is 1. The molecule has 1 fully saturated rings. The molecule has 4 rings (SSSR count). The van der Waals surface area contributed by atoms with Gasteiger partial charge in [0.25, 0.3) is 0 Å². The first-order valence-electron chi connectivity index (χ1n) is 8.28. The van der Waals surface area contributed by atoms with Crippen molar-refractivity contribution in [3.63, 3.8) is 0 Å². The Morgan fingerprint density at radius 3 is 2.54 bits per heavy atom. The molecule has 7 heteroatoms. The maximum Gasteiger partial charge on any atom is 0.234 e. The summed E-state index contributed by atoms with van der Waals surface area (Å²) < 4.78 is 2.88. The van der Waals surface area contributed by atoms with Crippen LogP contribution < -0.4 is 0 Å². The highest BCUT2D eigenvalue weighted by Gasteiger charge is 2.34. The Labute approximate surface area is 164 Å². The van der Waals surface area contributed by atoms with Crippen LogP contribution in [0.4, 0.5) is 0 Å². The highest BCUT2D eigenvalue weighted by Crippen LogP contribution is 2.38. The third-order valence-electron chi connectivity index (χ3n) is 4.23. The van der Waals surface area contributed by atoms with Gasteiger partial charge in [-0.15, -0.1) is 16.9 Å². The first-order chi connectivity index (χ1) is 12.7. The van der Waals surface area contributed by atoms with E-state index >= 15 is 0 Å². The minimum Gasteiger partial charge on any atom is -0.320 e. The predicted molar refractivity (Wildman–Crippen MR) is 105 cm³/mol. The molecule has 2 heterocycles. The summed E-state index contributed by atoms with van der Waals surface area (Å²) in [6, 6.07) is 18.2. The first-order valence-corrected chi connectivity index (χ1v) is 10.1. The third-order valence-corrected chi connectivity index (χ3v) is 5.99. The van der Waals surface area contributed by atoms with Gasteiger partial charge in [-0.2, -0.15) is 0 Å². The summed E-state index contributed by atoms with van der Waals surface area (Å²) in [5.41, 5.74) is 3.10. The fourth-order valence-corrected chi connectivity index (χ4v) is 4.31. The zero-order valence-corrected chi connectivity index (χ0v) is 16.4. The van der Waals surface area contributed by atoms with E-state index in [9.17, 15) is 4.79 Å². The molecule has 1 unspecified atom stereocenters. The van der Waals surface area contributed by atoms with Crippen molar-refractivity contribution in [2.45, 2.75) is 18.5 Å². The molecule has 3 aromatic rings. The van der Waals surface area contributed by atoms with Gasteiger partial charge in [0.05, 0.1) is 18.5 Å². The van der Waals surface area contributed by atoms with Crippen molar-refractivity contribution in [2.24, 2.45) is 0 Å². The topological polar surface area (TPSA) is 51.0 Å². The second-order valence-electron chi connectivity index (χ2n) is 6.14. The average Bonchev–Trinajstić information content (AvgIpc) is 3.25. The third kappa shape index (κ3) is 3.83. The Balaban J connectivity index is 1.50. The molecular formula is C19H17BrN4OS. The monoisotopic (exact) mass is 428 g/mol. The molecule has 0 saturated carbocycles. The molecule has 1 amide bonds. The van der Waals surface area contributed by atoms with Crippen LogP contribution in [0.3, 0.4) is 0 Å². The number of carbonyl (C=O) groups excluding carboxylic acids is 1. The van der Waals surface area contributed by atoms with Gasteiger partial charge in [0.2, 0.25) is 5.91 Å². The van der Waals surface area contributed by atoms with Crippen LogP contribution in [-0.2, 0) is 17.9 Å². The van der Waals surface area contributed by atoms with E-state index in [1.54, 1.807) is 11.8 Å². The van der Waals surface area contributed by atoms with Crippen LogP contribution in [-0.4, -0.2) is 31.6 Å². The van der Waals surface area contributed by atoms with E-state index in [0.29, 0.717) is 18.8 Å². The second-order valence-corrected chi connectivity index (χ2v) is 8.12.